The molecule has 2 aromatic rings. The lowest BCUT2D eigenvalue weighted by atomic mass is 9.95. The van der Waals surface area contributed by atoms with Crippen LogP contribution in [-0.4, -0.2) is 19.8 Å². The van der Waals surface area contributed by atoms with Crippen molar-refractivity contribution in [2.24, 2.45) is 12.8 Å². The molecule has 2 heterocycles. The number of nitrogens with two attached hydrogens (primary N) is 1. The molecular weight excluding hydrogens is 272 g/mol. The van der Waals surface area contributed by atoms with E-state index < -0.39 is 0 Å². The van der Waals surface area contributed by atoms with Crippen LogP contribution in [0.4, 0.5) is 0 Å². The van der Waals surface area contributed by atoms with Crippen molar-refractivity contribution in [1.82, 2.24) is 14.8 Å². The van der Waals surface area contributed by atoms with E-state index in [1.807, 2.05) is 13.1 Å². The van der Waals surface area contributed by atoms with Crippen molar-refractivity contribution in [2.45, 2.75) is 25.7 Å². The molecule has 104 valence electrons. The summed E-state index contributed by atoms with van der Waals surface area (Å²) in [6, 6.07) is 2.02. The van der Waals surface area contributed by atoms with E-state index in [2.05, 4.69) is 10.1 Å². The second-order valence-corrected chi connectivity index (χ2v) is 5.41. The number of nitrogens with zero attached hydrogens (tertiary/aromatic N) is 3. The van der Waals surface area contributed by atoms with Crippen molar-refractivity contribution in [3.63, 3.8) is 0 Å². The number of hydrogen-bond donors (Lipinski definition) is 1. The van der Waals surface area contributed by atoms with Crippen molar-refractivity contribution in [3.05, 3.63) is 35.3 Å². The van der Waals surface area contributed by atoms with Gasteiger partial charge >= 0.3 is 0 Å². The molecule has 0 saturated heterocycles. The highest BCUT2D eigenvalue weighted by Gasteiger charge is 2.18. The average Bonchev–Trinajstić information content (AvgIpc) is 2.83. The lowest BCUT2D eigenvalue weighted by molar-refractivity contribution is 0.456. The Hall–Kier alpha value is -1.95. The SMILES string of the molecule is Cn1cc(Oc2nc3c(cc2C(N)=S)CCCC3)cn1. The molecule has 0 atom stereocenters. The van der Waals surface area contributed by atoms with Gasteiger partial charge in [-0.25, -0.2) is 4.98 Å². The van der Waals surface area contributed by atoms with Crippen LogP contribution in [0.5, 0.6) is 11.6 Å². The number of aryl methyl sites for hydroxylation is 3. The molecule has 6 heteroatoms. The summed E-state index contributed by atoms with van der Waals surface area (Å²) in [5.74, 6) is 1.11. The summed E-state index contributed by atoms with van der Waals surface area (Å²) in [5, 5.41) is 4.07. The van der Waals surface area contributed by atoms with E-state index in [9.17, 15) is 0 Å². The van der Waals surface area contributed by atoms with E-state index in [1.165, 1.54) is 18.4 Å². The standard InChI is InChI=1S/C14H16N4OS/c1-18-8-10(7-16-18)19-14-11(13(15)20)6-9-4-2-3-5-12(9)17-14/h6-8H,2-5H2,1H3,(H2,15,20). The Kier molecular flexibility index (Phi) is 3.40. The maximum atomic E-state index is 5.80. The van der Waals surface area contributed by atoms with Gasteiger partial charge in [-0.15, -0.1) is 0 Å². The molecule has 0 spiro atoms. The first-order chi connectivity index (χ1) is 9.63. The van der Waals surface area contributed by atoms with Crippen LogP contribution in [0.2, 0.25) is 0 Å². The van der Waals surface area contributed by atoms with Crippen molar-refractivity contribution in [1.29, 1.82) is 0 Å². The molecule has 5 nitrogen and oxygen atoms in total. The fourth-order valence-electron chi connectivity index (χ4n) is 2.43. The van der Waals surface area contributed by atoms with Crippen LogP contribution >= 0.6 is 12.2 Å². The molecule has 2 aromatic heterocycles. The molecular formula is C14H16N4OS. The third-order valence-electron chi connectivity index (χ3n) is 3.43. The Balaban J connectivity index is 2.01. The van der Waals surface area contributed by atoms with Gasteiger partial charge in [-0.05, 0) is 37.3 Å². The highest BCUT2D eigenvalue weighted by molar-refractivity contribution is 7.80. The lowest BCUT2D eigenvalue weighted by Gasteiger charge is -2.18. The summed E-state index contributed by atoms with van der Waals surface area (Å²) < 4.78 is 7.47. The quantitative estimate of drug-likeness (QED) is 0.876. The summed E-state index contributed by atoms with van der Waals surface area (Å²) in [7, 11) is 1.83. The summed E-state index contributed by atoms with van der Waals surface area (Å²) in [6.45, 7) is 0. The van der Waals surface area contributed by atoms with Gasteiger partial charge in [0.1, 0.15) is 4.99 Å². The lowest BCUT2D eigenvalue weighted by Crippen LogP contribution is -2.15. The van der Waals surface area contributed by atoms with Crippen LogP contribution < -0.4 is 10.5 Å². The first-order valence-electron chi connectivity index (χ1n) is 6.62. The predicted octanol–water partition coefficient (Wildman–Crippen LogP) is 2.12. The number of pyridine rings is 1. The second kappa shape index (κ2) is 5.20. The van der Waals surface area contributed by atoms with Gasteiger partial charge in [-0.1, -0.05) is 12.2 Å². The molecule has 1 aliphatic rings. The van der Waals surface area contributed by atoms with E-state index in [0.29, 0.717) is 22.2 Å². The molecule has 0 radical (unpaired) electrons. The maximum Gasteiger partial charge on any atom is 0.229 e. The zero-order valence-corrected chi connectivity index (χ0v) is 12.1. The normalized spacial score (nSPS) is 13.8. The first-order valence-corrected chi connectivity index (χ1v) is 7.03. The molecule has 0 amide bonds. The third kappa shape index (κ3) is 2.51. The van der Waals surface area contributed by atoms with Crippen molar-refractivity contribution in [2.75, 3.05) is 0 Å². The van der Waals surface area contributed by atoms with Crippen LogP contribution in [0, 0.1) is 0 Å². The van der Waals surface area contributed by atoms with Gasteiger partial charge in [0.05, 0.1) is 18.0 Å². The Labute approximate surface area is 122 Å². The molecule has 0 aliphatic heterocycles. The average molecular weight is 288 g/mol. The summed E-state index contributed by atoms with van der Waals surface area (Å²) in [5.41, 5.74) is 8.82. The van der Waals surface area contributed by atoms with E-state index in [4.69, 9.17) is 22.7 Å². The molecule has 1 aliphatic carbocycles. The molecule has 0 unspecified atom stereocenters. The van der Waals surface area contributed by atoms with E-state index in [0.717, 1.165) is 18.5 Å². The van der Waals surface area contributed by atoms with Gasteiger partial charge in [0.15, 0.2) is 5.75 Å². The monoisotopic (exact) mass is 288 g/mol. The fourth-order valence-corrected chi connectivity index (χ4v) is 2.58. The minimum absolute atomic E-state index is 0.310. The molecule has 0 bridgehead atoms. The molecule has 0 aromatic carbocycles. The fraction of sp³-hybridized carbons (Fsp3) is 0.357. The Morgan fingerprint density at radius 1 is 1.40 bits per heavy atom. The number of hydrogen-bond acceptors (Lipinski definition) is 4. The zero-order valence-electron chi connectivity index (χ0n) is 11.3. The highest BCUT2D eigenvalue weighted by Crippen LogP contribution is 2.28. The smallest absolute Gasteiger partial charge is 0.229 e. The largest absolute Gasteiger partial charge is 0.435 e. The van der Waals surface area contributed by atoms with Gasteiger partial charge < -0.3 is 10.5 Å². The minimum Gasteiger partial charge on any atom is -0.435 e. The van der Waals surface area contributed by atoms with Crippen molar-refractivity contribution < 1.29 is 4.74 Å². The molecule has 0 saturated carbocycles. The Morgan fingerprint density at radius 2 is 2.20 bits per heavy atom. The van der Waals surface area contributed by atoms with E-state index in [1.54, 1.807) is 17.1 Å². The number of aromatic nitrogens is 3. The second-order valence-electron chi connectivity index (χ2n) is 4.97. The minimum atomic E-state index is 0.310. The van der Waals surface area contributed by atoms with Crippen molar-refractivity contribution in [3.8, 4) is 11.6 Å². The number of ether oxygens (including phenoxy) is 1. The van der Waals surface area contributed by atoms with Crippen LogP contribution in [0.1, 0.15) is 29.7 Å². The van der Waals surface area contributed by atoms with E-state index in [-0.39, 0.29) is 0 Å². The Bertz CT molecular complexity index is 665. The van der Waals surface area contributed by atoms with Crippen LogP contribution in [0.25, 0.3) is 0 Å². The maximum absolute atomic E-state index is 5.80. The highest BCUT2D eigenvalue weighted by atomic mass is 32.1. The van der Waals surface area contributed by atoms with Crippen molar-refractivity contribution >= 4 is 17.2 Å². The molecule has 3 rings (SSSR count). The summed E-state index contributed by atoms with van der Waals surface area (Å²) >= 11 is 5.11. The summed E-state index contributed by atoms with van der Waals surface area (Å²) in [6.07, 6.45) is 7.80. The number of thiocarbonyl (C=S) groups is 1. The van der Waals surface area contributed by atoms with Gasteiger partial charge in [0.2, 0.25) is 5.88 Å². The molecule has 2 N–H and O–H groups in total. The van der Waals surface area contributed by atoms with Gasteiger partial charge in [-0.3, -0.25) is 4.68 Å². The van der Waals surface area contributed by atoms with Gasteiger partial charge in [-0.2, -0.15) is 5.10 Å². The zero-order chi connectivity index (χ0) is 14.1. The predicted molar refractivity (Wildman–Crippen MR) is 80.0 cm³/mol. The number of rotatable bonds is 3. The van der Waals surface area contributed by atoms with Gasteiger partial charge in [0, 0.05) is 12.7 Å². The van der Waals surface area contributed by atoms with Gasteiger partial charge in [0.25, 0.3) is 0 Å². The van der Waals surface area contributed by atoms with Crippen LogP contribution in [-0.2, 0) is 19.9 Å². The Morgan fingerprint density at radius 3 is 2.90 bits per heavy atom. The molecule has 20 heavy (non-hydrogen) atoms. The third-order valence-corrected chi connectivity index (χ3v) is 3.65. The summed E-state index contributed by atoms with van der Waals surface area (Å²) in [4.78, 5) is 4.92. The topological polar surface area (TPSA) is 66.0 Å². The van der Waals surface area contributed by atoms with Crippen LogP contribution in [0.15, 0.2) is 18.5 Å². The van der Waals surface area contributed by atoms with Crippen LogP contribution in [0.3, 0.4) is 0 Å². The number of fused-ring (bicyclic) bond motifs is 1. The van der Waals surface area contributed by atoms with E-state index >= 15 is 0 Å². The molecule has 0 fully saturated rings. The first kappa shape index (κ1) is 13.1.